The highest BCUT2D eigenvalue weighted by Gasteiger charge is 2.47. The number of nitriles is 1. The second-order valence-electron chi connectivity index (χ2n) is 6.77. The van der Waals surface area contributed by atoms with E-state index in [-0.39, 0.29) is 17.8 Å². The zero-order valence-electron chi connectivity index (χ0n) is 14.2. The van der Waals surface area contributed by atoms with Crippen LogP contribution >= 0.6 is 0 Å². The molecule has 0 unspecified atom stereocenters. The maximum atomic E-state index is 12.9. The van der Waals surface area contributed by atoms with Crippen LogP contribution in [-0.2, 0) is 0 Å². The maximum Gasteiger partial charge on any atom is 0.310 e. The van der Waals surface area contributed by atoms with Gasteiger partial charge in [0.15, 0.2) is 5.76 Å². The van der Waals surface area contributed by atoms with Gasteiger partial charge in [0.05, 0.1) is 6.20 Å². The Bertz CT molecular complexity index is 855. The number of rotatable bonds is 2. The highest BCUT2D eigenvalue weighted by molar-refractivity contribution is 5.90. The van der Waals surface area contributed by atoms with Gasteiger partial charge in [-0.15, -0.1) is 0 Å². The third-order valence-electron chi connectivity index (χ3n) is 5.50. The van der Waals surface area contributed by atoms with Crippen molar-refractivity contribution in [3.63, 3.8) is 0 Å². The molecular formula is C18H19N5O2. The van der Waals surface area contributed by atoms with Crippen LogP contribution in [-0.4, -0.2) is 57.9 Å². The first-order valence-corrected chi connectivity index (χ1v) is 8.42. The largest absolute Gasteiger partial charge is 0.432 e. The van der Waals surface area contributed by atoms with Crippen LogP contribution in [0.4, 0.5) is 0 Å². The number of aromatic nitrogens is 2. The molecule has 0 saturated carbocycles. The highest BCUT2D eigenvalue weighted by atomic mass is 16.4. The molecule has 2 aliphatic heterocycles. The van der Waals surface area contributed by atoms with Crippen molar-refractivity contribution in [3.05, 3.63) is 36.1 Å². The van der Waals surface area contributed by atoms with E-state index in [2.05, 4.69) is 28.8 Å². The van der Waals surface area contributed by atoms with Crippen molar-refractivity contribution in [2.24, 2.45) is 5.92 Å². The van der Waals surface area contributed by atoms with Crippen molar-refractivity contribution in [3.8, 4) is 17.4 Å². The summed E-state index contributed by atoms with van der Waals surface area (Å²) in [6.45, 7) is 3.86. The van der Waals surface area contributed by atoms with Gasteiger partial charge in [0, 0.05) is 36.9 Å². The minimum atomic E-state index is -0.157. The van der Waals surface area contributed by atoms with Gasteiger partial charge >= 0.3 is 5.91 Å². The molecule has 4 rings (SSSR count). The Hall–Kier alpha value is -2.72. The van der Waals surface area contributed by atoms with E-state index in [0.29, 0.717) is 29.0 Å². The molecule has 3 atom stereocenters. The lowest BCUT2D eigenvalue weighted by Gasteiger charge is -2.22. The van der Waals surface area contributed by atoms with Gasteiger partial charge in [0.2, 0.25) is 0 Å². The van der Waals surface area contributed by atoms with Crippen LogP contribution in [0.1, 0.15) is 29.7 Å². The van der Waals surface area contributed by atoms with Crippen LogP contribution in [0.2, 0.25) is 0 Å². The molecule has 0 radical (unpaired) electrons. The number of fused-ring (bicyclic) bond motifs is 1. The fourth-order valence-electron chi connectivity index (χ4n) is 3.99. The lowest BCUT2D eigenvalue weighted by molar-refractivity contribution is 0.0690. The molecule has 0 spiro atoms. The molecule has 4 heterocycles. The maximum absolute atomic E-state index is 12.9. The topological polar surface area (TPSA) is 86.3 Å². The van der Waals surface area contributed by atoms with Gasteiger partial charge in [-0.1, -0.05) is 0 Å². The number of hydrogen-bond acceptors (Lipinski definition) is 6. The molecule has 0 aromatic carbocycles. The standard InChI is InChI=1S/C18H19N5O2/c1-11-14-4-6-23(15(14)10-22(11)2)18(24)17-21-9-16(25-17)12-3-5-20-13(7-12)8-19/h3,5,7,9,11,14-15H,4,6,10H2,1-2H3/t11-,14+,15-/m0/s1. The molecule has 1 amide bonds. The fourth-order valence-corrected chi connectivity index (χ4v) is 3.99. The summed E-state index contributed by atoms with van der Waals surface area (Å²) in [5.41, 5.74) is 0.985. The normalized spacial score (nSPS) is 25.8. The fraction of sp³-hybridized carbons (Fsp3) is 0.444. The first-order valence-electron chi connectivity index (χ1n) is 8.42. The van der Waals surface area contributed by atoms with Crippen molar-refractivity contribution in [1.82, 2.24) is 19.8 Å². The number of nitrogens with zero attached hydrogens (tertiary/aromatic N) is 5. The minimum absolute atomic E-state index is 0.105. The van der Waals surface area contributed by atoms with Gasteiger partial charge in [-0.2, -0.15) is 5.26 Å². The molecule has 0 bridgehead atoms. The van der Waals surface area contributed by atoms with Crippen molar-refractivity contribution < 1.29 is 9.21 Å². The summed E-state index contributed by atoms with van der Waals surface area (Å²) in [5.74, 6) is 0.931. The van der Waals surface area contributed by atoms with Crippen LogP contribution < -0.4 is 0 Å². The molecule has 7 nitrogen and oxygen atoms in total. The van der Waals surface area contributed by atoms with E-state index in [9.17, 15) is 4.79 Å². The van der Waals surface area contributed by atoms with Crippen molar-refractivity contribution in [2.75, 3.05) is 20.1 Å². The number of hydrogen-bond donors (Lipinski definition) is 0. The van der Waals surface area contributed by atoms with Crippen LogP contribution in [0, 0.1) is 17.2 Å². The van der Waals surface area contributed by atoms with Gasteiger partial charge in [-0.25, -0.2) is 9.97 Å². The summed E-state index contributed by atoms with van der Waals surface area (Å²) in [5, 5.41) is 8.95. The highest BCUT2D eigenvalue weighted by Crippen LogP contribution is 2.36. The molecule has 2 saturated heterocycles. The summed E-state index contributed by atoms with van der Waals surface area (Å²) in [4.78, 5) is 25.2. The average Bonchev–Trinajstić information content (AvgIpc) is 3.33. The summed E-state index contributed by atoms with van der Waals surface area (Å²) >= 11 is 0. The van der Waals surface area contributed by atoms with Crippen LogP contribution in [0.5, 0.6) is 0 Å². The second-order valence-corrected chi connectivity index (χ2v) is 6.77. The SMILES string of the molecule is C[C@H]1[C@H]2CCN(C(=O)c3ncc(-c4ccnc(C#N)c4)o3)[C@H]2CN1C. The Kier molecular flexibility index (Phi) is 3.77. The molecule has 2 aromatic rings. The Morgan fingerprint density at radius 3 is 3.08 bits per heavy atom. The molecule has 0 N–H and O–H groups in total. The van der Waals surface area contributed by atoms with E-state index in [1.165, 1.54) is 6.20 Å². The second kappa shape index (κ2) is 5.97. The Morgan fingerprint density at radius 1 is 1.44 bits per heavy atom. The number of likely N-dealkylation sites (N-methyl/N-ethyl adjacent to an activating group) is 1. The lowest BCUT2D eigenvalue weighted by Crippen LogP contribution is -2.39. The van der Waals surface area contributed by atoms with Gasteiger partial charge < -0.3 is 14.2 Å². The summed E-state index contributed by atoms with van der Waals surface area (Å²) in [6.07, 6.45) is 4.09. The van der Waals surface area contributed by atoms with E-state index < -0.39 is 0 Å². The molecule has 128 valence electrons. The van der Waals surface area contributed by atoms with E-state index in [0.717, 1.165) is 19.5 Å². The van der Waals surface area contributed by atoms with E-state index >= 15 is 0 Å². The van der Waals surface area contributed by atoms with Gasteiger partial charge in [-0.3, -0.25) is 4.79 Å². The average molecular weight is 337 g/mol. The first kappa shape index (κ1) is 15.8. The summed E-state index contributed by atoms with van der Waals surface area (Å²) in [6, 6.07) is 6.06. The summed E-state index contributed by atoms with van der Waals surface area (Å²) in [7, 11) is 2.10. The van der Waals surface area contributed by atoms with Crippen molar-refractivity contribution in [1.29, 1.82) is 5.26 Å². The predicted molar refractivity (Wildman–Crippen MR) is 89.5 cm³/mol. The zero-order valence-corrected chi connectivity index (χ0v) is 14.2. The molecule has 0 aliphatic carbocycles. The molecule has 2 aromatic heterocycles. The molecule has 25 heavy (non-hydrogen) atoms. The van der Waals surface area contributed by atoms with Crippen molar-refractivity contribution >= 4 is 5.91 Å². The van der Waals surface area contributed by atoms with E-state index in [1.807, 2.05) is 11.0 Å². The zero-order chi connectivity index (χ0) is 17.6. The van der Waals surface area contributed by atoms with Crippen LogP contribution in [0.15, 0.2) is 28.9 Å². The number of oxazole rings is 1. The Labute approximate surface area is 145 Å². The predicted octanol–water partition coefficient (Wildman–Crippen LogP) is 1.77. The van der Waals surface area contributed by atoms with E-state index in [1.54, 1.807) is 18.3 Å². The van der Waals surface area contributed by atoms with Crippen LogP contribution in [0.3, 0.4) is 0 Å². The number of amides is 1. The smallest absolute Gasteiger partial charge is 0.310 e. The Balaban J connectivity index is 1.56. The molecule has 7 heteroatoms. The third-order valence-corrected chi connectivity index (χ3v) is 5.50. The van der Waals surface area contributed by atoms with Gasteiger partial charge in [0.25, 0.3) is 5.89 Å². The Morgan fingerprint density at radius 2 is 2.28 bits per heavy atom. The number of likely N-dealkylation sites (tertiary alicyclic amines) is 2. The molecular weight excluding hydrogens is 318 g/mol. The van der Waals surface area contributed by atoms with E-state index in [4.69, 9.17) is 9.68 Å². The number of carbonyl (C=O) groups excluding carboxylic acids is 1. The minimum Gasteiger partial charge on any atom is -0.432 e. The number of pyridine rings is 1. The quantitative estimate of drug-likeness (QED) is 0.830. The van der Waals surface area contributed by atoms with Gasteiger partial charge in [0.1, 0.15) is 11.8 Å². The van der Waals surface area contributed by atoms with Gasteiger partial charge in [-0.05, 0) is 38.4 Å². The molecule has 2 aliphatic rings. The monoisotopic (exact) mass is 337 g/mol. The third kappa shape index (κ3) is 2.59. The molecule has 2 fully saturated rings. The lowest BCUT2D eigenvalue weighted by atomic mass is 9.98. The van der Waals surface area contributed by atoms with Crippen LogP contribution in [0.25, 0.3) is 11.3 Å². The number of carbonyl (C=O) groups is 1. The first-order chi connectivity index (χ1) is 12.1. The summed E-state index contributed by atoms with van der Waals surface area (Å²) < 4.78 is 5.69. The van der Waals surface area contributed by atoms with Crippen molar-refractivity contribution in [2.45, 2.75) is 25.4 Å².